The Bertz CT molecular complexity index is 518. The Balaban J connectivity index is 1.68. The number of hydrogen-bond acceptors (Lipinski definition) is 5. The van der Waals surface area contributed by atoms with Crippen LogP contribution in [0.2, 0.25) is 0 Å². The molecule has 0 bridgehead atoms. The highest BCUT2D eigenvalue weighted by atomic mass is 32.2. The van der Waals surface area contributed by atoms with Crippen molar-refractivity contribution < 1.29 is 13.2 Å². The maximum atomic E-state index is 12.4. The Morgan fingerprint density at radius 3 is 2.56 bits per heavy atom. The fraction of sp³-hybridized carbons (Fsp3) is 0.941. The van der Waals surface area contributed by atoms with Crippen molar-refractivity contribution in [2.75, 3.05) is 65.2 Å². The van der Waals surface area contributed by atoms with Gasteiger partial charge in [-0.2, -0.15) is 0 Å². The molecule has 1 N–H and O–H groups in total. The summed E-state index contributed by atoms with van der Waals surface area (Å²) in [7, 11) is -1.06. The number of nitrogens with one attached hydrogen (secondary N) is 1. The predicted octanol–water partition coefficient (Wildman–Crippen LogP) is 0.192. The van der Waals surface area contributed by atoms with Crippen molar-refractivity contribution in [3.8, 4) is 0 Å². The first-order valence-corrected chi connectivity index (χ1v) is 11.2. The normalized spacial score (nSPS) is 24.3. The summed E-state index contributed by atoms with van der Waals surface area (Å²) in [6.45, 7) is 8.84. The Labute approximate surface area is 152 Å². The molecule has 0 unspecified atom stereocenters. The van der Waals surface area contributed by atoms with Crippen LogP contribution in [0, 0.1) is 5.92 Å². The molecular formula is C17H34N4O3S. The van der Waals surface area contributed by atoms with Gasteiger partial charge in [0.1, 0.15) is 0 Å². The number of sulfonamides is 1. The molecule has 0 aromatic heterocycles. The predicted molar refractivity (Wildman–Crippen MR) is 99.9 cm³/mol. The third kappa shape index (κ3) is 6.51. The molecule has 0 spiro atoms. The molecular weight excluding hydrogens is 340 g/mol. The molecule has 1 amide bonds. The second-order valence-corrected chi connectivity index (χ2v) is 9.39. The van der Waals surface area contributed by atoms with Crippen LogP contribution in [0.25, 0.3) is 0 Å². The fourth-order valence-electron chi connectivity index (χ4n) is 3.53. The lowest BCUT2D eigenvalue weighted by atomic mass is 9.99. The number of piperazine rings is 1. The van der Waals surface area contributed by atoms with Crippen LogP contribution >= 0.6 is 0 Å². The highest BCUT2D eigenvalue weighted by molar-refractivity contribution is 7.89. The van der Waals surface area contributed by atoms with E-state index in [2.05, 4.69) is 22.2 Å². The third-order valence-corrected chi connectivity index (χ3v) is 7.20. The van der Waals surface area contributed by atoms with Gasteiger partial charge in [-0.05, 0) is 39.3 Å². The number of likely N-dealkylation sites (N-methyl/N-ethyl adjacent to an activating group) is 1. The average Bonchev–Trinajstić information content (AvgIpc) is 2.60. The van der Waals surface area contributed by atoms with Crippen LogP contribution in [0.15, 0.2) is 0 Å². The largest absolute Gasteiger partial charge is 0.356 e. The van der Waals surface area contributed by atoms with Gasteiger partial charge in [0.2, 0.25) is 15.9 Å². The van der Waals surface area contributed by atoms with Crippen molar-refractivity contribution >= 4 is 15.9 Å². The van der Waals surface area contributed by atoms with Crippen LogP contribution in [-0.4, -0.2) is 93.6 Å². The summed E-state index contributed by atoms with van der Waals surface area (Å²) in [6.07, 6.45) is 3.10. The number of carbonyl (C=O) groups excluding carboxylic acids is 1. The van der Waals surface area contributed by atoms with E-state index in [1.807, 2.05) is 6.92 Å². The van der Waals surface area contributed by atoms with E-state index in [0.717, 1.165) is 52.0 Å². The minimum atomic E-state index is -3.20. The second-order valence-electron chi connectivity index (χ2n) is 7.30. The third-order valence-electron chi connectivity index (χ3n) is 5.16. The van der Waals surface area contributed by atoms with Crippen molar-refractivity contribution in [2.45, 2.75) is 32.6 Å². The van der Waals surface area contributed by atoms with Crippen molar-refractivity contribution in [1.29, 1.82) is 0 Å². The van der Waals surface area contributed by atoms with Crippen LogP contribution < -0.4 is 5.32 Å². The first kappa shape index (κ1) is 20.6. The van der Waals surface area contributed by atoms with Gasteiger partial charge in [0.15, 0.2) is 0 Å². The molecule has 2 aliphatic rings. The van der Waals surface area contributed by atoms with Crippen LogP contribution in [-0.2, 0) is 14.8 Å². The number of nitrogens with zero attached hydrogens (tertiary/aromatic N) is 3. The zero-order chi connectivity index (χ0) is 18.3. The summed E-state index contributed by atoms with van der Waals surface area (Å²) >= 11 is 0. The molecule has 2 rings (SSSR count). The molecule has 8 heteroatoms. The maximum Gasteiger partial charge on any atom is 0.224 e. The highest BCUT2D eigenvalue weighted by Crippen LogP contribution is 2.20. The van der Waals surface area contributed by atoms with Crippen molar-refractivity contribution in [3.63, 3.8) is 0 Å². The molecule has 0 radical (unpaired) electrons. The second kappa shape index (κ2) is 9.85. The molecule has 25 heavy (non-hydrogen) atoms. The topological polar surface area (TPSA) is 73.0 Å². The van der Waals surface area contributed by atoms with E-state index in [4.69, 9.17) is 0 Å². The quantitative estimate of drug-likeness (QED) is 0.614. The summed E-state index contributed by atoms with van der Waals surface area (Å²) in [5.74, 6) is -0.0226. The Hall–Kier alpha value is -0.700. The zero-order valence-corrected chi connectivity index (χ0v) is 16.6. The van der Waals surface area contributed by atoms with Crippen molar-refractivity contribution in [3.05, 3.63) is 0 Å². The van der Waals surface area contributed by atoms with E-state index in [-0.39, 0.29) is 17.6 Å². The number of piperidine rings is 1. The van der Waals surface area contributed by atoms with Gasteiger partial charge in [0, 0.05) is 45.8 Å². The van der Waals surface area contributed by atoms with E-state index >= 15 is 0 Å². The summed E-state index contributed by atoms with van der Waals surface area (Å²) in [4.78, 5) is 17.1. The van der Waals surface area contributed by atoms with Crippen LogP contribution in [0.1, 0.15) is 32.6 Å². The SMILES string of the molecule is CCCS(=O)(=O)N1CCC[C@H](C(=O)NCCCN2CCN(C)CC2)C1. The minimum absolute atomic E-state index is 0.00905. The number of carbonyl (C=O) groups is 1. The van der Waals surface area contributed by atoms with Gasteiger partial charge in [-0.15, -0.1) is 0 Å². The van der Waals surface area contributed by atoms with E-state index < -0.39 is 10.0 Å². The fourth-order valence-corrected chi connectivity index (χ4v) is 5.11. The summed E-state index contributed by atoms with van der Waals surface area (Å²) in [5.41, 5.74) is 0. The monoisotopic (exact) mass is 374 g/mol. The van der Waals surface area contributed by atoms with E-state index in [1.165, 1.54) is 4.31 Å². The lowest BCUT2D eigenvalue weighted by Crippen LogP contribution is -2.47. The maximum absolute atomic E-state index is 12.4. The summed E-state index contributed by atoms with van der Waals surface area (Å²) in [6, 6.07) is 0. The van der Waals surface area contributed by atoms with Gasteiger partial charge in [0.25, 0.3) is 0 Å². The highest BCUT2D eigenvalue weighted by Gasteiger charge is 2.31. The van der Waals surface area contributed by atoms with Crippen LogP contribution in [0.4, 0.5) is 0 Å². The van der Waals surface area contributed by atoms with E-state index in [1.54, 1.807) is 0 Å². The van der Waals surface area contributed by atoms with Gasteiger partial charge >= 0.3 is 0 Å². The molecule has 1 atom stereocenters. The summed E-state index contributed by atoms with van der Waals surface area (Å²) in [5, 5.41) is 3.01. The lowest BCUT2D eigenvalue weighted by Gasteiger charge is -2.32. The van der Waals surface area contributed by atoms with Crippen molar-refractivity contribution in [2.24, 2.45) is 5.92 Å². The van der Waals surface area contributed by atoms with Crippen LogP contribution in [0.3, 0.4) is 0 Å². The van der Waals surface area contributed by atoms with Gasteiger partial charge in [-0.1, -0.05) is 6.92 Å². The number of amides is 1. The Morgan fingerprint density at radius 1 is 1.16 bits per heavy atom. The molecule has 2 saturated heterocycles. The minimum Gasteiger partial charge on any atom is -0.356 e. The van der Waals surface area contributed by atoms with Gasteiger partial charge in [0.05, 0.1) is 11.7 Å². The number of hydrogen-bond donors (Lipinski definition) is 1. The van der Waals surface area contributed by atoms with E-state index in [0.29, 0.717) is 26.1 Å². The molecule has 2 heterocycles. The number of rotatable bonds is 8. The van der Waals surface area contributed by atoms with Gasteiger partial charge in [-0.25, -0.2) is 12.7 Å². The van der Waals surface area contributed by atoms with Gasteiger partial charge in [-0.3, -0.25) is 4.79 Å². The average molecular weight is 375 g/mol. The standard InChI is InChI=1S/C17H34N4O3S/c1-3-14-25(23,24)21-9-4-6-16(15-21)17(22)18-7-5-8-20-12-10-19(2)11-13-20/h16H,3-15H2,1-2H3,(H,18,22)/t16-/m0/s1. The zero-order valence-electron chi connectivity index (χ0n) is 15.7. The Morgan fingerprint density at radius 2 is 1.88 bits per heavy atom. The first-order valence-electron chi connectivity index (χ1n) is 9.59. The van der Waals surface area contributed by atoms with Crippen molar-refractivity contribution in [1.82, 2.24) is 19.4 Å². The molecule has 0 aliphatic carbocycles. The molecule has 2 aliphatic heterocycles. The molecule has 2 fully saturated rings. The van der Waals surface area contributed by atoms with E-state index in [9.17, 15) is 13.2 Å². The van der Waals surface area contributed by atoms with Gasteiger partial charge < -0.3 is 15.1 Å². The smallest absolute Gasteiger partial charge is 0.224 e. The molecule has 0 saturated carbocycles. The van der Waals surface area contributed by atoms with Crippen LogP contribution in [0.5, 0.6) is 0 Å². The molecule has 146 valence electrons. The molecule has 0 aromatic carbocycles. The Kier molecular flexibility index (Phi) is 8.12. The molecule has 7 nitrogen and oxygen atoms in total. The molecule has 0 aromatic rings. The summed E-state index contributed by atoms with van der Waals surface area (Å²) < 4.78 is 25.9. The lowest BCUT2D eigenvalue weighted by molar-refractivity contribution is -0.126. The first-order chi connectivity index (χ1) is 11.9.